The van der Waals surface area contributed by atoms with Gasteiger partial charge in [-0.15, -0.1) is 0 Å². The summed E-state index contributed by atoms with van der Waals surface area (Å²) in [6.07, 6.45) is 1.04. The summed E-state index contributed by atoms with van der Waals surface area (Å²) in [5.41, 5.74) is 0.295. The molecule has 0 spiro atoms. The number of benzene rings is 1. The van der Waals surface area contributed by atoms with Crippen molar-refractivity contribution in [2.24, 2.45) is 0 Å². The summed E-state index contributed by atoms with van der Waals surface area (Å²) in [7, 11) is 2.96. The van der Waals surface area contributed by atoms with Gasteiger partial charge in [-0.2, -0.15) is 0 Å². The molecule has 1 rings (SSSR count). The number of carboxylic acids is 1. The van der Waals surface area contributed by atoms with Gasteiger partial charge in [0.15, 0.2) is 0 Å². The molecule has 1 amide bonds. The molecular formula is C14H19NO5. The molecule has 2 N–H and O–H groups in total. The standard InChI is InChI=1S/C14H19NO5/c1-4-5-12(14(17)18)15-13(16)9-6-10(19-2)8-11(7-9)20-3/h6-8,12H,4-5H2,1-3H3,(H,15,16)(H,17,18)/t12-/m1/s1. The number of hydrogen-bond acceptors (Lipinski definition) is 4. The third kappa shape index (κ3) is 4.15. The molecule has 0 aliphatic heterocycles. The van der Waals surface area contributed by atoms with Crippen LogP contribution in [-0.2, 0) is 4.79 Å². The van der Waals surface area contributed by atoms with Gasteiger partial charge in [0.25, 0.3) is 5.91 Å². The predicted molar refractivity (Wildman–Crippen MR) is 73.3 cm³/mol. The van der Waals surface area contributed by atoms with Crippen molar-refractivity contribution in [3.8, 4) is 11.5 Å². The number of rotatable bonds is 7. The summed E-state index contributed by atoms with van der Waals surface area (Å²) >= 11 is 0. The topological polar surface area (TPSA) is 84.9 Å². The van der Waals surface area contributed by atoms with Crippen LogP contribution in [0.4, 0.5) is 0 Å². The smallest absolute Gasteiger partial charge is 0.326 e. The average molecular weight is 281 g/mol. The van der Waals surface area contributed by atoms with Crippen LogP contribution in [0.15, 0.2) is 18.2 Å². The molecule has 0 saturated carbocycles. The number of methoxy groups -OCH3 is 2. The summed E-state index contributed by atoms with van der Waals surface area (Å²) in [5.74, 6) is -0.577. The van der Waals surface area contributed by atoms with E-state index in [1.165, 1.54) is 26.4 Å². The first-order chi connectivity index (χ1) is 9.51. The largest absolute Gasteiger partial charge is 0.497 e. The van der Waals surface area contributed by atoms with E-state index in [0.29, 0.717) is 29.9 Å². The first-order valence-electron chi connectivity index (χ1n) is 6.28. The van der Waals surface area contributed by atoms with Crippen molar-refractivity contribution >= 4 is 11.9 Å². The lowest BCUT2D eigenvalue weighted by atomic mass is 10.1. The molecule has 0 bridgehead atoms. The molecule has 1 aromatic carbocycles. The maximum Gasteiger partial charge on any atom is 0.326 e. The lowest BCUT2D eigenvalue weighted by molar-refractivity contribution is -0.139. The lowest BCUT2D eigenvalue weighted by Crippen LogP contribution is -2.40. The fourth-order valence-corrected chi connectivity index (χ4v) is 1.73. The highest BCUT2D eigenvalue weighted by Gasteiger charge is 2.20. The number of nitrogens with one attached hydrogen (secondary N) is 1. The molecule has 0 saturated heterocycles. The Bertz CT molecular complexity index is 464. The van der Waals surface area contributed by atoms with Crippen molar-refractivity contribution < 1.29 is 24.2 Å². The lowest BCUT2D eigenvalue weighted by Gasteiger charge is -2.14. The summed E-state index contributed by atoms with van der Waals surface area (Å²) in [6, 6.07) is 3.80. The van der Waals surface area contributed by atoms with Gasteiger partial charge in [0.2, 0.25) is 0 Å². The second-order valence-corrected chi connectivity index (χ2v) is 4.25. The highest BCUT2D eigenvalue weighted by atomic mass is 16.5. The SMILES string of the molecule is CCC[C@@H](NC(=O)c1cc(OC)cc(OC)c1)C(=O)O. The van der Waals surface area contributed by atoms with Crippen molar-refractivity contribution in [1.29, 1.82) is 0 Å². The van der Waals surface area contributed by atoms with Crippen LogP contribution in [0.25, 0.3) is 0 Å². The highest BCUT2D eigenvalue weighted by molar-refractivity contribution is 5.97. The van der Waals surface area contributed by atoms with Gasteiger partial charge in [0, 0.05) is 11.6 Å². The number of hydrogen-bond donors (Lipinski definition) is 2. The Morgan fingerprint density at radius 2 is 1.75 bits per heavy atom. The van der Waals surface area contributed by atoms with E-state index >= 15 is 0 Å². The van der Waals surface area contributed by atoms with E-state index in [1.807, 2.05) is 6.92 Å². The number of amides is 1. The molecule has 0 aromatic heterocycles. The van der Waals surface area contributed by atoms with E-state index in [4.69, 9.17) is 14.6 Å². The molecule has 0 fully saturated rings. The van der Waals surface area contributed by atoms with Crippen molar-refractivity contribution in [1.82, 2.24) is 5.32 Å². The van der Waals surface area contributed by atoms with Crippen LogP contribution >= 0.6 is 0 Å². The Kier molecular flexibility index (Phi) is 5.83. The Labute approximate surface area is 117 Å². The van der Waals surface area contributed by atoms with Gasteiger partial charge in [-0.3, -0.25) is 4.79 Å². The highest BCUT2D eigenvalue weighted by Crippen LogP contribution is 2.22. The third-order valence-corrected chi connectivity index (χ3v) is 2.79. The molecule has 0 aliphatic rings. The Balaban J connectivity index is 2.93. The monoisotopic (exact) mass is 281 g/mol. The van der Waals surface area contributed by atoms with Gasteiger partial charge < -0.3 is 19.9 Å². The van der Waals surface area contributed by atoms with Crippen LogP contribution in [-0.4, -0.2) is 37.2 Å². The second-order valence-electron chi connectivity index (χ2n) is 4.25. The first kappa shape index (κ1) is 15.8. The molecule has 0 aliphatic carbocycles. The van der Waals surface area contributed by atoms with Gasteiger partial charge in [-0.1, -0.05) is 13.3 Å². The third-order valence-electron chi connectivity index (χ3n) is 2.79. The molecule has 0 radical (unpaired) electrons. The Morgan fingerprint density at radius 3 is 2.15 bits per heavy atom. The minimum absolute atomic E-state index is 0.295. The van der Waals surface area contributed by atoms with Gasteiger partial charge in [0.05, 0.1) is 14.2 Å². The zero-order valence-electron chi connectivity index (χ0n) is 11.8. The average Bonchev–Trinajstić information content (AvgIpc) is 2.45. The molecule has 1 aromatic rings. The normalized spacial score (nSPS) is 11.6. The van der Waals surface area contributed by atoms with Crippen LogP contribution in [0.3, 0.4) is 0 Å². The number of carboxylic acid groups (broad SMARTS) is 1. The molecule has 6 heteroatoms. The van der Waals surface area contributed by atoms with E-state index in [9.17, 15) is 9.59 Å². The number of carbonyl (C=O) groups excluding carboxylic acids is 1. The zero-order valence-corrected chi connectivity index (χ0v) is 11.8. The Morgan fingerprint density at radius 1 is 1.20 bits per heavy atom. The van der Waals surface area contributed by atoms with Gasteiger partial charge in [0.1, 0.15) is 17.5 Å². The molecule has 1 atom stereocenters. The summed E-state index contributed by atoms with van der Waals surface area (Å²) < 4.78 is 10.1. The van der Waals surface area contributed by atoms with E-state index in [2.05, 4.69) is 5.32 Å². The van der Waals surface area contributed by atoms with Gasteiger partial charge >= 0.3 is 5.97 Å². The molecule has 6 nitrogen and oxygen atoms in total. The molecule has 0 heterocycles. The van der Waals surface area contributed by atoms with Gasteiger partial charge in [-0.05, 0) is 18.6 Å². The summed E-state index contributed by atoms with van der Waals surface area (Å²) in [6.45, 7) is 1.86. The van der Waals surface area contributed by atoms with Crippen LogP contribution in [0, 0.1) is 0 Å². The minimum atomic E-state index is -1.05. The Hall–Kier alpha value is -2.24. The summed E-state index contributed by atoms with van der Waals surface area (Å²) in [5, 5.41) is 11.5. The first-order valence-corrected chi connectivity index (χ1v) is 6.28. The molecule has 0 unspecified atom stereocenters. The molecule has 110 valence electrons. The van der Waals surface area contributed by atoms with Crippen molar-refractivity contribution in [2.75, 3.05) is 14.2 Å². The van der Waals surface area contributed by atoms with E-state index in [1.54, 1.807) is 6.07 Å². The number of ether oxygens (including phenoxy) is 2. The van der Waals surface area contributed by atoms with Crippen LogP contribution < -0.4 is 14.8 Å². The molecule has 20 heavy (non-hydrogen) atoms. The van der Waals surface area contributed by atoms with Crippen LogP contribution in [0.2, 0.25) is 0 Å². The number of carbonyl (C=O) groups is 2. The fourth-order valence-electron chi connectivity index (χ4n) is 1.73. The summed E-state index contributed by atoms with van der Waals surface area (Å²) in [4.78, 5) is 23.1. The predicted octanol–water partition coefficient (Wildman–Crippen LogP) is 1.69. The van der Waals surface area contributed by atoms with E-state index in [-0.39, 0.29) is 0 Å². The van der Waals surface area contributed by atoms with Crippen molar-refractivity contribution in [3.05, 3.63) is 23.8 Å². The van der Waals surface area contributed by atoms with Crippen molar-refractivity contribution in [3.63, 3.8) is 0 Å². The fraction of sp³-hybridized carbons (Fsp3) is 0.429. The van der Waals surface area contributed by atoms with E-state index in [0.717, 1.165) is 0 Å². The van der Waals surface area contributed by atoms with E-state index < -0.39 is 17.9 Å². The number of aliphatic carboxylic acids is 1. The minimum Gasteiger partial charge on any atom is -0.497 e. The van der Waals surface area contributed by atoms with Crippen molar-refractivity contribution in [2.45, 2.75) is 25.8 Å². The second kappa shape index (κ2) is 7.37. The van der Waals surface area contributed by atoms with Crippen LogP contribution in [0.1, 0.15) is 30.1 Å². The maximum atomic E-state index is 12.1. The van der Waals surface area contributed by atoms with Gasteiger partial charge in [-0.25, -0.2) is 4.79 Å². The quantitative estimate of drug-likeness (QED) is 0.794. The van der Waals surface area contributed by atoms with Crippen LogP contribution in [0.5, 0.6) is 11.5 Å². The zero-order chi connectivity index (χ0) is 15.1. The maximum absolute atomic E-state index is 12.1. The molecular weight excluding hydrogens is 262 g/mol.